The molecule has 1 saturated carbocycles. The van der Waals surface area contributed by atoms with Crippen molar-refractivity contribution < 1.29 is 18.8 Å². The molecule has 0 spiro atoms. The fourth-order valence-electron chi connectivity index (χ4n) is 3.10. The van der Waals surface area contributed by atoms with E-state index in [0.717, 1.165) is 19.4 Å². The Hall–Kier alpha value is -2.44. The van der Waals surface area contributed by atoms with Crippen molar-refractivity contribution in [2.24, 2.45) is 11.8 Å². The summed E-state index contributed by atoms with van der Waals surface area (Å²) in [7, 11) is 0. The summed E-state index contributed by atoms with van der Waals surface area (Å²) in [5.41, 5.74) is 0.301. The normalized spacial score (nSPS) is 19.7. The van der Waals surface area contributed by atoms with Gasteiger partial charge in [0.1, 0.15) is 5.82 Å². The SMILES string of the molecule is O=C(NCC(=O)N1CCCC(C(=O)NCC2CC2)C1)c1ccc(F)cc1. The molecule has 140 valence electrons. The molecule has 2 aliphatic rings. The van der Waals surface area contributed by atoms with Crippen LogP contribution >= 0.6 is 0 Å². The first-order valence-electron chi connectivity index (χ1n) is 9.12. The van der Waals surface area contributed by atoms with Crippen LogP contribution in [0, 0.1) is 17.7 Å². The lowest BCUT2D eigenvalue weighted by Crippen LogP contribution is -2.48. The molecule has 2 N–H and O–H groups in total. The average molecular weight is 361 g/mol. The third kappa shape index (κ3) is 5.03. The minimum Gasteiger partial charge on any atom is -0.356 e. The van der Waals surface area contributed by atoms with Crippen molar-refractivity contribution >= 4 is 17.7 Å². The molecule has 1 aromatic rings. The zero-order chi connectivity index (χ0) is 18.5. The van der Waals surface area contributed by atoms with E-state index in [1.165, 1.54) is 37.1 Å². The van der Waals surface area contributed by atoms with Crippen molar-refractivity contribution in [3.63, 3.8) is 0 Å². The number of carbonyl (C=O) groups excluding carboxylic acids is 3. The molecule has 7 heteroatoms. The van der Waals surface area contributed by atoms with Crippen molar-refractivity contribution in [2.75, 3.05) is 26.2 Å². The Morgan fingerprint density at radius 3 is 2.50 bits per heavy atom. The van der Waals surface area contributed by atoms with Gasteiger partial charge in [0, 0.05) is 25.2 Å². The molecule has 1 aromatic carbocycles. The van der Waals surface area contributed by atoms with Gasteiger partial charge in [-0.15, -0.1) is 0 Å². The van der Waals surface area contributed by atoms with Gasteiger partial charge in [0.15, 0.2) is 0 Å². The summed E-state index contributed by atoms with van der Waals surface area (Å²) in [4.78, 5) is 38.2. The van der Waals surface area contributed by atoms with Gasteiger partial charge < -0.3 is 15.5 Å². The molecule has 26 heavy (non-hydrogen) atoms. The molecule has 1 unspecified atom stereocenters. The molecular formula is C19H24FN3O3. The third-order valence-electron chi connectivity index (χ3n) is 4.91. The maximum atomic E-state index is 12.9. The average Bonchev–Trinajstić information content (AvgIpc) is 3.49. The second kappa shape index (κ2) is 8.29. The minimum atomic E-state index is -0.422. The topological polar surface area (TPSA) is 78.5 Å². The number of carbonyl (C=O) groups is 3. The third-order valence-corrected chi connectivity index (χ3v) is 4.91. The van der Waals surface area contributed by atoms with E-state index >= 15 is 0 Å². The maximum Gasteiger partial charge on any atom is 0.251 e. The number of halogens is 1. The van der Waals surface area contributed by atoms with E-state index in [1.54, 1.807) is 4.90 Å². The van der Waals surface area contributed by atoms with Crippen LogP contribution in [0.4, 0.5) is 4.39 Å². The van der Waals surface area contributed by atoms with E-state index in [9.17, 15) is 18.8 Å². The molecule has 1 aliphatic carbocycles. The lowest BCUT2D eigenvalue weighted by atomic mass is 9.97. The van der Waals surface area contributed by atoms with Gasteiger partial charge >= 0.3 is 0 Å². The highest BCUT2D eigenvalue weighted by Gasteiger charge is 2.29. The van der Waals surface area contributed by atoms with Crippen LogP contribution in [0.2, 0.25) is 0 Å². The largest absolute Gasteiger partial charge is 0.356 e. The first-order chi connectivity index (χ1) is 12.5. The number of nitrogens with one attached hydrogen (secondary N) is 2. The maximum absolute atomic E-state index is 12.9. The number of hydrogen-bond donors (Lipinski definition) is 2. The van der Waals surface area contributed by atoms with Crippen LogP contribution in [-0.2, 0) is 9.59 Å². The molecule has 6 nitrogen and oxygen atoms in total. The molecular weight excluding hydrogens is 337 g/mol. The van der Waals surface area contributed by atoms with Crippen molar-refractivity contribution in [2.45, 2.75) is 25.7 Å². The summed E-state index contributed by atoms with van der Waals surface area (Å²) < 4.78 is 12.9. The van der Waals surface area contributed by atoms with E-state index in [0.29, 0.717) is 24.6 Å². The standard InChI is InChI=1S/C19H24FN3O3/c20-16-7-5-14(6-8-16)18(25)22-11-17(24)23-9-1-2-15(12-23)19(26)21-10-13-3-4-13/h5-8,13,15H,1-4,9-12H2,(H,21,26)(H,22,25). The highest BCUT2D eigenvalue weighted by molar-refractivity contribution is 5.96. The van der Waals surface area contributed by atoms with Crippen LogP contribution in [0.15, 0.2) is 24.3 Å². The first-order valence-corrected chi connectivity index (χ1v) is 9.12. The quantitative estimate of drug-likeness (QED) is 0.802. The van der Waals surface area contributed by atoms with E-state index in [2.05, 4.69) is 10.6 Å². The zero-order valence-electron chi connectivity index (χ0n) is 14.7. The van der Waals surface area contributed by atoms with Gasteiger partial charge in [-0.3, -0.25) is 14.4 Å². The predicted octanol–water partition coefficient (Wildman–Crippen LogP) is 1.32. The van der Waals surface area contributed by atoms with Crippen molar-refractivity contribution in [1.29, 1.82) is 0 Å². The molecule has 0 aromatic heterocycles. The Labute approximate surface area is 152 Å². The van der Waals surface area contributed by atoms with Gasteiger partial charge in [-0.1, -0.05) is 0 Å². The number of benzene rings is 1. The van der Waals surface area contributed by atoms with E-state index < -0.39 is 11.7 Å². The fourth-order valence-corrected chi connectivity index (χ4v) is 3.10. The Morgan fingerprint density at radius 1 is 1.08 bits per heavy atom. The van der Waals surface area contributed by atoms with Crippen LogP contribution in [-0.4, -0.2) is 48.8 Å². The van der Waals surface area contributed by atoms with Crippen LogP contribution in [0.1, 0.15) is 36.0 Å². The van der Waals surface area contributed by atoms with Crippen molar-refractivity contribution in [1.82, 2.24) is 15.5 Å². The number of hydrogen-bond acceptors (Lipinski definition) is 3. The van der Waals surface area contributed by atoms with Gasteiger partial charge in [-0.05, 0) is 55.9 Å². The van der Waals surface area contributed by atoms with E-state index in [4.69, 9.17) is 0 Å². The summed E-state index contributed by atoms with van der Waals surface area (Å²) in [6, 6.07) is 5.14. The van der Waals surface area contributed by atoms with Crippen LogP contribution < -0.4 is 10.6 Å². The molecule has 0 radical (unpaired) electrons. The number of piperidine rings is 1. The summed E-state index contributed by atoms with van der Waals surface area (Å²) >= 11 is 0. The summed E-state index contributed by atoms with van der Waals surface area (Å²) in [5, 5.41) is 5.53. The van der Waals surface area contributed by atoms with E-state index in [-0.39, 0.29) is 24.3 Å². The Morgan fingerprint density at radius 2 is 1.81 bits per heavy atom. The fraction of sp³-hybridized carbons (Fsp3) is 0.526. The van der Waals surface area contributed by atoms with Crippen LogP contribution in [0.5, 0.6) is 0 Å². The molecule has 2 fully saturated rings. The molecule has 3 rings (SSSR count). The van der Waals surface area contributed by atoms with Crippen LogP contribution in [0.25, 0.3) is 0 Å². The number of amides is 3. The van der Waals surface area contributed by atoms with E-state index in [1.807, 2.05) is 0 Å². The minimum absolute atomic E-state index is 0.0183. The smallest absolute Gasteiger partial charge is 0.251 e. The van der Waals surface area contributed by atoms with Gasteiger partial charge in [-0.2, -0.15) is 0 Å². The Kier molecular flexibility index (Phi) is 5.85. The molecule has 1 saturated heterocycles. The monoisotopic (exact) mass is 361 g/mol. The van der Waals surface area contributed by atoms with Crippen molar-refractivity contribution in [3.05, 3.63) is 35.6 Å². The second-order valence-electron chi connectivity index (χ2n) is 7.06. The lowest BCUT2D eigenvalue weighted by molar-refractivity contribution is -0.134. The second-order valence-corrected chi connectivity index (χ2v) is 7.06. The molecule has 1 atom stereocenters. The zero-order valence-corrected chi connectivity index (χ0v) is 14.7. The number of nitrogens with zero attached hydrogens (tertiary/aromatic N) is 1. The molecule has 0 bridgehead atoms. The summed E-state index contributed by atoms with van der Waals surface area (Å²) in [6.45, 7) is 1.59. The predicted molar refractivity (Wildman–Crippen MR) is 93.8 cm³/mol. The molecule has 1 aliphatic heterocycles. The summed E-state index contributed by atoms with van der Waals surface area (Å²) in [5.74, 6) is -0.586. The lowest BCUT2D eigenvalue weighted by Gasteiger charge is -2.32. The van der Waals surface area contributed by atoms with Gasteiger partial charge in [0.05, 0.1) is 12.5 Å². The van der Waals surface area contributed by atoms with Crippen molar-refractivity contribution in [3.8, 4) is 0 Å². The van der Waals surface area contributed by atoms with Gasteiger partial charge in [0.25, 0.3) is 5.91 Å². The highest BCUT2D eigenvalue weighted by atomic mass is 19.1. The number of likely N-dealkylation sites (tertiary alicyclic amines) is 1. The molecule has 3 amide bonds. The number of rotatable bonds is 6. The highest BCUT2D eigenvalue weighted by Crippen LogP contribution is 2.27. The van der Waals surface area contributed by atoms with Gasteiger partial charge in [0.2, 0.25) is 11.8 Å². The van der Waals surface area contributed by atoms with Crippen LogP contribution in [0.3, 0.4) is 0 Å². The Balaban J connectivity index is 1.45. The summed E-state index contributed by atoms with van der Waals surface area (Å²) in [6.07, 6.45) is 3.92. The first kappa shape index (κ1) is 18.4. The van der Waals surface area contributed by atoms with Gasteiger partial charge in [-0.25, -0.2) is 4.39 Å². The Bertz CT molecular complexity index is 673. The molecule has 1 heterocycles.